The molecule has 1 aromatic rings. The third-order valence-electron chi connectivity index (χ3n) is 2.70. The van der Waals surface area contributed by atoms with Gasteiger partial charge in [-0.3, -0.25) is 4.79 Å². The van der Waals surface area contributed by atoms with E-state index in [1.165, 1.54) is 0 Å². The summed E-state index contributed by atoms with van der Waals surface area (Å²) in [6, 6.07) is 5.18. The molecule has 0 aliphatic heterocycles. The van der Waals surface area contributed by atoms with Crippen molar-refractivity contribution in [3.8, 4) is 11.5 Å². The molecule has 0 fully saturated rings. The van der Waals surface area contributed by atoms with E-state index in [4.69, 9.17) is 19.9 Å². The number of carbonyl (C=O) groups is 1. The molecular formula is C14H22N2O4. The summed E-state index contributed by atoms with van der Waals surface area (Å²) in [4.78, 5) is 11.6. The molecule has 0 heterocycles. The van der Waals surface area contributed by atoms with E-state index in [1.807, 2.05) is 19.1 Å². The third-order valence-corrected chi connectivity index (χ3v) is 2.70. The van der Waals surface area contributed by atoms with Gasteiger partial charge in [-0.05, 0) is 13.0 Å². The highest BCUT2D eigenvalue weighted by Gasteiger charge is 2.11. The molecular weight excluding hydrogens is 260 g/mol. The molecule has 3 N–H and O–H groups in total. The first-order valence-electron chi connectivity index (χ1n) is 6.40. The van der Waals surface area contributed by atoms with Gasteiger partial charge in [-0.2, -0.15) is 0 Å². The highest BCUT2D eigenvalue weighted by molar-refractivity contribution is 5.77. The molecule has 0 radical (unpaired) electrons. The van der Waals surface area contributed by atoms with Gasteiger partial charge < -0.3 is 25.3 Å². The lowest BCUT2D eigenvalue weighted by molar-refractivity contribution is -0.123. The summed E-state index contributed by atoms with van der Waals surface area (Å²) in [5.41, 5.74) is 6.70. The van der Waals surface area contributed by atoms with Crippen LogP contribution in [0.25, 0.3) is 0 Å². The molecule has 0 saturated carbocycles. The molecule has 1 amide bonds. The highest BCUT2D eigenvalue weighted by Crippen LogP contribution is 2.28. The van der Waals surface area contributed by atoms with Crippen LogP contribution in [0.1, 0.15) is 18.5 Å². The molecule has 0 spiro atoms. The van der Waals surface area contributed by atoms with Crippen LogP contribution in [0, 0.1) is 0 Å². The largest absolute Gasteiger partial charge is 0.497 e. The number of hydrogen-bond acceptors (Lipinski definition) is 5. The molecule has 6 nitrogen and oxygen atoms in total. The standard InChI is InChI=1S/C14H22N2O4/c1-10(15)12-5-4-11(19-3)8-13(12)20-9-14(17)16-6-7-18-2/h4-5,8,10H,6-7,9,15H2,1-3H3,(H,16,17). The summed E-state index contributed by atoms with van der Waals surface area (Å²) >= 11 is 0. The monoisotopic (exact) mass is 282 g/mol. The van der Waals surface area contributed by atoms with Crippen LogP contribution in [0.4, 0.5) is 0 Å². The van der Waals surface area contributed by atoms with Crippen molar-refractivity contribution >= 4 is 5.91 Å². The zero-order chi connectivity index (χ0) is 15.0. The molecule has 112 valence electrons. The average molecular weight is 282 g/mol. The Bertz CT molecular complexity index is 435. The molecule has 20 heavy (non-hydrogen) atoms. The highest BCUT2D eigenvalue weighted by atomic mass is 16.5. The van der Waals surface area contributed by atoms with E-state index in [9.17, 15) is 4.79 Å². The van der Waals surface area contributed by atoms with Crippen LogP contribution in [0.5, 0.6) is 11.5 Å². The van der Waals surface area contributed by atoms with Gasteiger partial charge in [0.25, 0.3) is 5.91 Å². The average Bonchev–Trinajstić information content (AvgIpc) is 2.44. The van der Waals surface area contributed by atoms with E-state index in [0.29, 0.717) is 24.7 Å². The maximum Gasteiger partial charge on any atom is 0.258 e. The predicted octanol–water partition coefficient (Wildman–Crippen LogP) is 0.856. The van der Waals surface area contributed by atoms with E-state index in [1.54, 1.807) is 20.3 Å². The minimum atomic E-state index is -0.208. The minimum Gasteiger partial charge on any atom is -0.497 e. The maximum atomic E-state index is 11.6. The van der Waals surface area contributed by atoms with E-state index >= 15 is 0 Å². The number of rotatable bonds is 8. The summed E-state index contributed by atoms with van der Waals surface area (Å²) in [5, 5.41) is 2.68. The number of nitrogens with one attached hydrogen (secondary N) is 1. The molecule has 1 atom stereocenters. The number of amides is 1. The van der Waals surface area contributed by atoms with Crippen LogP contribution in [0.2, 0.25) is 0 Å². The SMILES string of the molecule is COCCNC(=O)COc1cc(OC)ccc1C(C)N. The number of ether oxygens (including phenoxy) is 3. The lowest BCUT2D eigenvalue weighted by Crippen LogP contribution is -2.31. The van der Waals surface area contributed by atoms with Gasteiger partial charge in [0, 0.05) is 31.3 Å². The van der Waals surface area contributed by atoms with Crippen molar-refractivity contribution < 1.29 is 19.0 Å². The van der Waals surface area contributed by atoms with Crippen molar-refractivity contribution in [2.45, 2.75) is 13.0 Å². The topological polar surface area (TPSA) is 82.8 Å². The summed E-state index contributed by atoms with van der Waals surface area (Å²) in [6.45, 7) is 2.71. The molecule has 1 aromatic carbocycles. The minimum absolute atomic E-state index is 0.0728. The van der Waals surface area contributed by atoms with E-state index in [2.05, 4.69) is 5.32 Å². The fourth-order valence-corrected chi connectivity index (χ4v) is 1.63. The van der Waals surface area contributed by atoms with Gasteiger partial charge in [0.05, 0.1) is 13.7 Å². The van der Waals surface area contributed by atoms with Crippen molar-refractivity contribution in [3.05, 3.63) is 23.8 Å². The van der Waals surface area contributed by atoms with Crippen molar-refractivity contribution in [2.75, 3.05) is 34.0 Å². The molecule has 0 aliphatic carbocycles. The van der Waals surface area contributed by atoms with E-state index in [0.717, 1.165) is 5.56 Å². The normalized spacial score (nSPS) is 11.8. The van der Waals surface area contributed by atoms with E-state index < -0.39 is 0 Å². The summed E-state index contributed by atoms with van der Waals surface area (Å²) in [6.07, 6.45) is 0. The quantitative estimate of drug-likeness (QED) is 0.691. The Hall–Kier alpha value is -1.79. The number of hydrogen-bond donors (Lipinski definition) is 2. The zero-order valence-corrected chi connectivity index (χ0v) is 12.1. The first-order chi connectivity index (χ1) is 9.58. The summed E-state index contributed by atoms with van der Waals surface area (Å²) < 4.78 is 15.5. The number of benzene rings is 1. The molecule has 0 bridgehead atoms. The summed E-state index contributed by atoms with van der Waals surface area (Å²) in [5.74, 6) is 1.01. The first-order valence-corrected chi connectivity index (χ1v) is 6.40. The van der Waals surface area contributed by atoms with Crippen LogP contribution < -0.4 is 20.5 Å². The second-order valence-electron chi connectivity index (χ2n) is 4.32. The Morgan fingerprint density at radius 1 is 1.40 bits per heavy atom. The lowest BCUT2D eigenvalue weighted by atomic mass is 10.1. The van der Waals surface area contributed by atoms with Crippen molar-refractivity contribution in [1.82, 2.24) is 5.32 Å². The summed E-state index contributed by atoms with van der Waals surface area (Å²) in [7, 11) is 3.15. The van der Waals surface area contributed by atoms with Gasteiger partial charge >= 0.3 is 0 Å². The number of nitrogens with two attached hydrogens (primary N) is 1. The first kappa shape index (κ1) is 16.3. The van der Waals surface area contributed by atoms with Crippen molar-refractivity contribution in [3.63, 3.8) is 0 Å². The fourth-order valence-electron chi connectivity index (χ4n) is 1.63. The second-order valence-corrected chi connectivity index (χ2v) is 4.32. The van der Waals surface area contributed by atoms with Gasteiger partial charge in [-0.1, -0.05) is 6.07 Å². The maximum absolute atomic E-state index is 11.6. The van der Waals surface area contributed by atoms with Gasteiger partial charge in [0.1, 0.15) is 11.5 Å². The van der Waals surface area contributed by atoms with Gasteiger partial charge in [0.15, 0.2) is 6.61 Å². The smallest absolute Gasteiger partial charge is 0.258 e. The van der Waals surface area contributed by atoms with Crippen molar-refractivity contribution in [1.29, 1.82) is 0 Å². The third kappa shape index (κ3) is 5.07. The Kier molecular flexibility index (Phi) is 6.83. The Morgan fingerprint density at radius 2 is 2.15 bits per heavy atom. The van der Waals surface area contributed by atoms with Gasteiger partial charge in [-0.15, -0.1) is 0 Å². The van der Waals surface area contributed by atoms with Crippen LogP contribution in [0.15, 0.2) is 18.2 Å². The van der Waals surface area contributed by atoms with Crippen LogP contribution in [-0.2, 0) is 9.53 Å². The Morgan fingerprint density at radius 3 is 2.75 bits per heavy atom. The van der Waals surface area contributed by atoms with Gasteiger partial charge in [-0.25, -0.2) is 0 Å². The molecule has 1 unspecified atom stereocenters. The van der Waals surface area contributed by atoms with Gasteiger partial charge in [0.2, 0.25) is 0 Å². The second kappa shape index (κ2) is 8.39. The fraction of sp³-hybridized carbons (Fsp3) is 0.500. The number of carbonyl (C=O) groups excluding carboxylic acids is 1. The zero-order valence-electron chi connectivity index (χ0n) is 12.1. The Labute approximate surface area is 119 Å². The lowest BCUT2D eigenvalue weighted by Gasteiger charge is -2.15. The predicted molar refractivity (Wildman–Crippen MR) is 76.0 cm³/mol. The van der Waals surface area contributed by atoms with E-state index in [-0.39, 0.29) is 18.6 Å². The molecule has 1 rings (SSSR count). The van der Waals surface area contributed by atoms with Crippen LogP contribution in [-0.4, -0.2) is 39.9 Å². The van der Waals surface area contributed by atoms with Crippen LogP contribution >= 0.6 is 0 Å². The van der Waals surface area contributed by atoms with Crippen LogP contribution in [0.3, 0.4) is 0 Å². The molecule has 6 heteroatoms. The molecule has 0 aliphatic rings. The molecule has 0 saturated heterocycles. The van der Waals surface area contributed by atoms with Crippen molar-refractivity contribution in [2.24, 2.45) is 5.73 Å². The number of methoxy groups -OCH3 is 2. The Balaban J connectivity index is 2.63. The molecule has 0 aromatic heterocycles.